The van der Waals surface area contributed by atoms with Gasteiger partial charge in [-0.2, -0.15) is 17.6 Å². The van der Waals surface area contributed by atoms with E-state index >= 15 is 0 Å². The molecular weight excluding hydrogens is 445 g/mol. The molecule has 13 heteroatoms. The molecule has 31 heavy (non-hydrogen) atoms. The molecule has 0 spiro atoms. The number of nitrogens with zero attached hydrogens (tertiary/aromatic N) is 3. The van der Waals surface area contributed by atoms with Gasteiger partial charge in [0.25, 0.3) is 0 Å². The Bertz CT molecular complexity index is 1090. The molecule has 7 nitrogen and oxygen atoms in total. The number of benzene rings is 2. The molecule has 1 heterocycles. The highest BCUT2D eigenvalue weighted by Gasteiger charge is 2.30. The van der Waals surface area contributed by atoms with Gasteiger partial charge in [-0.15, -0.1) is 10.2 Å². The molecule has 3 N–H and O–H groups in total. The van der Waals surface area contributed by atoms with E-state index in [1.807, 2.05) is 0 Å². The van der Waals surface area contributed by atoms with E-state index in [-0.39, 0.29) is 22.2 Å². The molecule has 0 aliphatic carbocycles. The third kappa shape index (κ3) is 5.49. The molecule has 3 rings (SSSR count). The summed E-state index contributed by atoms with van der Waals surface area (Å²) in [5.41, 5.74) is 4.58. The van der Waals surface area contributed by atoms with Crippen molar-refractivity contribution in [3.8, 4) is 10.6 Å². The Morgan fingerprint density at radius 3 is 2.42 bits per heavy atom. The second-order valence-corrected chi connectivity index (χ2v) is 7.47. The standard InChI is InChI=1S/C18H14F5N5O2S/c19-13-7-15(28(29)30)14(20)6-12(13)16-26-27-17(31-16)25-8-11(24)5-9-1-3-10(4-2-9)18(21,22)23/h1-4,6-7,11H,5,8,24H2,(H,25,27)/t11-/m1/s1. The largest absolute Gasteiger partial charge is 0.416 e. The van der Waals surface area contributed by atoms with E-state index < -0.39 is 40.0 Å². The van der Waals surface area contributed by atoms with Crippen LogP contribution >= 0.6 is 11.3 Å². The Morgan fingerprint density at radius 1 is 1.13 bits per heavy atom. The summed E-state index contributed by atoms with van der Waals surface area (Å²) in [5.74, 6) is -2.22. The van der Waals surface area contributed by atoms with E-state index in [0.717, 1.165) is 23.5 Å². The first kappa shape index (κ1) is 22.5. The van der Waals surface area contributed by atoms with Crippen LogP contribution in [0.1, 0.15) is 11.1 Å². The van der Waals surface area contributed by atoms with Crippen LogP contribution < -0.4 is 11.1 Å². The minimum atomic E-state index is -4.41. The molecule has 0 saturated carbocycles. The molecule has 1 aromatic heterocycles. The van der Waals surface area contributed by atoms with Gasteiger partial charge in [-0.3, -0.25) is 10.1 Å². The Labute approximate surface area is 175 Å². The van der Waals surface area contributed by atoms with Crippen LogP contribution in [0.4, 0.5) is 32.8 Å². The summed E-state index contributed by atoms with van der Waals surface area (Å²) in [6.45, 7) is 0.187. The fourth-order valence-corrected chi connectivity index (χ4v) is 3.44. The molecule has 1 atom stereocenters. The molecule has 3 aromatic rings. The summed E-state index contributed by atoms with van der Waals surface area (Å²) in [6.07, 6.45) is -4.12. The summed E-state index contributed by atoms with van der Waals surface area (Å²) in [5, 5.41) is 21.3. The maximum absolute atomic E-state index is 14.1. The summed E-state index contributed by atoms with van der Waals surface area (Å²) in [6, 6.07) is 5.31. The first-order valence-corrected chi connectivity index (χ1v) is 9.49. The number of aromatic nitrogens is 2. The van der Waals surface area contributed by atoms with Crippen LogP contribution in [0.25, 0.3) is 10.6 Å². The van der Waals surface area contributed by atoms with E-state index in [1.165, 1.54) is 12.1 Å². The van der Waals surface area contributed by atoms with Crippen LogP contribution in [0.2, 0.25) is 0 Å². The minimum Gasteiger partial charge on any atom is -0.359 e. The molecular formula is C18H14F5N5O2S. The van der Waals surface area contributed by atoms with Crippen LogP contribution in [-0.2, 0) is 12.6 Å². The summed E-state index contributed by atoms with van der Waals surface area (Å²) >= 11 is 0.886. The van der Waals surface area contributed by atoms with Crippen molar-refractivity contribution in [1.29, 1.82) is 0 Å². The topological polar surface area (TPSA) is 107 Å². The molecule has 0 bridgehead atoms. The second kappa shape index (κ2) is 8.89. The van der Waals surface area contributed by atoms with Crippen molar-refractivity contribution in [2.45, 2.75) is 18.6 Å². The average molecular weight is 459 g/mol. The Hall–Kier alpha value is -3.19. The van der Waals surface area contributed by atoms with Gasteiger partial charge >= 0.3 is 11.9 Å². The maximum atomic E-state index is 14.1. The first-order chi connectivity index (χ1) is 14.5. The number of rotatable bonds is 7. The molecule has 0 aliphatic heterocycles. The molecule has 0 amide bonds. The van der Waals surface area contributed by atoms with Crippen molar-refractivity contribution in [1.82, 2.24) is 10.2 Å². The molecule has 0 aliphatic rings. The van der Waals surface area contributed by atoms with E-state index in [4.69, 9.17) is 5.73 Å². The van der Waals surface area contributed by atoms with Gasteiger partial charge in [-0.25, -0.2) is 4.39 Å². The van der Waals surface area contributed by atoms with Gasteiger partial charge in [0.1, 0.15) is 5.82 Å². The minimum absolute atomic E-state index is 0.00473. The van der Waals surface area contributed by atoms with Crippen LogP contribution in [-0.4, -0.2) is 27.7 Å². The number of nitrogens with one attached hydrogen (secondary N) is 1. The predicted molar refractivity (Wildman–Crippen MR) is 104 cm³/mol. The first-order valence-electron chi connectivity index (χ1n) is 8.67. The van der Waals surface area contributed by atoms with Gasteiger partial charge in [0, 0.05) is 12.6 Å². The van der Waals surface area contributed by atoms with Gasteiger partial charge < -0.3 is 11.1 Å². The molecule has 0 radical (unpaired) electrons. The number of hydrogen-bond acceptors (Lipinski definition) is 7. The van der Waals surface area contributed by atoms with Crippen LogP contribution in [0.15, 0.2) is 36.4 Å². The Kier molecular flexibility index (Phi) is 6.45. The Morgan fingerprint density at radius 2 is 1.81 bits per heavy atom. The smallest absolute Gasteiger partial charge is 0.359 e. The maximum Gasteiger partial charge on any atom is 0.416 e. The fourth-order valence-electron chi connectivity index (χ4n) is 2.67. The van der Waals surface area contributed by atoms with Gasteiger partial charge in [-0.1, -0.05) is 23.5 Å². The summed E-state index contributed by atoms with van der Waals surface area (Å²) < 4.78 is 65.7. The lowest BCUT2D eigenvalue weighted by atomic mass is 10.0. The number of nitrogens with two attached hydrogens (primary N) is 1. The molecule has 0 saturated heterocycles. The van der Waals surface area contributed by atoms with Crippen molar-refractivity contribution < 1.29 is 26.9 Å². The zero-order valence-electron chi connectivity index (χ0n) is 15.5. The number of alkyl halides is 3. The van der Waals surface area contributed by atoms with Crippen molar-refractivity contribution >= 4 is 22.2 Å². The Balaban J connectivity index is 1.61. The molecule has 0 unspecified atom stereocenters. The SMILES string of the molecule is N[C@@H](CNc1nnc(-c2cc(F)c([N+](=O)[O-])cc2F)s1)Cc1ccc(C(F)(F)F)cc1. The zero-order chi connectivity index (χ0) is 22.8. The lowest BCUT2D eigenvalue weighted by Gasteiger charge is -2.13. The van der Waals surface area contributed by atoms with E-state index in [2.05, 4.69) is 15.5 Å². The highest BCUT2D eigenvalue weighted by Crippen LogP contribution is 2.32. The molecule has 164 valence electrons. The van der Waals surface area contributed by atoms with Gasteiger partial charge in [0.2, 0.25) is 10.9 Å². The van der Waals surface area contributed by atoms with Crippen molar-refractivity contribution in [2.75, 3.05) is 11.9 Å². The van der Waals surface area contributed by atoms with Gasteiger partial charge in [0.05, 0.1) is 22.1 Å². The normalized spacial score (nSPS) is 12.6. The van der Waals surface area contributed by atoms with Crippen LogP contribution in [0, 0.1) is 21.7 Å². The zero-order valence-corrected chi connectivity index (χ0v) is 16.3. The highest BCUT2D eigenvalue weighted by atomic mass is 32.1. The van der Waals surface area contributed by atoms with E-state index in [0.29, 0.717) is 24.1 Å². The van der Waals surface area contributed by atoms with Gasteiger partial charge in [0.15, 0.2) is 5.01 Å². The van der Waals surface area contributed by atoms with E-state index in [1.54, 1.807) is 0 Å². The molecule has 0 fully saturated rings. The number of nitro groups is 1. The van der Waals surface area contributed by atoms with Crippen molar-refractivity contribution in [3.63, 3.8) is 0 Å². The summed E-state index contributed by atoms with van der Waals surface area (Å²) in [4.78, 5) is 9.63. The number of halogens is 5. The highest BCUT2D eigenvalue weighted by molar-refractivity contribution is 7.18. The lowest BCUT2D eigenvalue weighted by molar-refractivity contribution is -0.387. The molecule has 2 aromatic carbocycles. The summed E-state index contributed by atoms with van der Waals surface area (Å²) in [7, 11) is 0. The van der Waals surface area contributed by atoms with E-state index in [9.17, 15) is 32.1 Å². The number of hydrogen-bond donors (Lipinski definition) is 2. The monoisotopic (exact) mass is 459 g/mol. The number of nitro benzene ring substituents is 1. The van der Waals surface area contributed by atoms with Crippen molar-refractivity contribution in [3.05, 3.63) is 69.3 Å². The van der Waals surface area contributed by atoms with Crippen LogP contribution in [0.3, 0.4) is 0 Å². The number of anilines is 1. The predicted octanol–water partition coefficient (Wildman–Crippen LogP) is 4.39. The third-order valence-electron chi connectivity index (χ3n) is 4.18. The fraction of sp³-hybridized carbons (Fsp3) is 0.222. The van der Waals surface area contributed by atoms with Crippen LogP contribution in [0.5, 0.6) is 0 Å². The van der Waals surface area contributed by atoms with Gasteiger partial charge in [-0.05, 0) is 30.2 Å². The average Bonchev–Trinajstić information content (AvgIpc) is 3.16. The quantitative estimate of drug-likeness (QED) is 0.308. The third-order valence-corrected chi connectivity index (χ3v) is 5.10. The van der Waals surface area contributed by atoms with Crippen molar-refractivity contribution in [2.24, 2.45) is 5.73 Å². The lowest BCUT2D eigenvalue weighted by Crippen LogP contribution is -2.31. The second-order valence-electron chi connectivity index (χ2n) is 6.49.